The molecule has 0 unspecified atom stereocenters. The van der Waals surface area contributed by atoms with E-state index >= 15 is 0 Å². The summed E-state index contributed by atoms with van der Waals surface area (Å²) in [6.45, 7) is 3.56. The Morgan fingerprint density at radius 1 is 0.806 bits per heavy atom. The molecule has 0 atom stereocenters. The van der Waals surface area contributed by atoms with Crippen molar-refractivity contribution in [1.29, 1.82) is 0 Å². The SMILES string of the molecule is Cc1nnc([S-])n1/N=C/c1ccco1.Cc1nnc([S-])n1/N=C/c1ccco1.[CH3][Sn+2][CH3]. The summed E-state index contributed by atoms with van der Waals surface area (Å²) in [6, 6.07) is 7.17. The van der Waals surface area contributed by atoms with E-state index in [4.69, 9.17) is 34.1 Å². The van der Waals surface area contributed by atoms with Crippen molar-refractivity contribution in [2.75, 3.05) is 0 Å². The number of aromatic nitrogens is 6. The summed E-state index contributed by atoms with van der Waals surface area (Å²) in [4.78, 5) is 4.59. The molecule has 4 aromatic heterocycles. The van der Waals surface area contributed by atoms with Crippen LogP contribution in [0.5, 0.6) is 0 Å². The van der Waals surface area contributed by atoms with Gasteiger partial charge in [0.2, 0.25) is 0 Å². The van der Waals surface area contributed by atoms with Gasteiger partial charge in [0.15, 0.2) is 0 Å². The average Bonchev–Trinajstić information content (AvgIpc) is 3.53. The zero-order valence-corrected chi connectivity index (χ0v) is 21.8. The van der Waals surface area contributed by atoms with Gasteiger partial charge in [-0.05, 0) is 38.1 Å². The van der Waals surface area contributed by atoms with Gasteiger partial charge >= 0.3 is 31.0 Å². The van der Waals surface area contributed by atoms with E-state index in [1.54, 1.807) is 63.1 Å². The molecule has 31 heavy (non-hydrogen) atoms. The fourth-order valence-electron chi connectivity index (χ4n) is 1.90. The van der Waals surface area contributed by atoms with Gasteiger partial charge in [0.1, 0.15) is 23.2 Å². The summed E-state index contributed by atoms with van der Waals surface area (Å²) in [7, 11) is 0. The molecule has 4 aromatic rings. The molecule has 0 aliphatic rings. The van der Waals surface area contributed by atoms with Crippen LogP contribution in [0.2, 0.25) is 9.88 Å². The van der Waals surface area contributed by atoms with Gasteiger partial charge in [-0.15, -0.1) is 10.2 Å². The van der Waals surface area contributed by atoms with Crippen LogP contribution in [0.4, 0.5) is 0 Å². The van der Waals surface area contributed by atoms with E-state index in [9.17, 15) is 0 Å². The van der Waals surface area contributed by atoms with E-state index in [0.29, 0.717) is 33.5 Å². The van der Waals surface area contributed by atoms with Crippen LogP contribution in [0, 0.1) is 13.8 Å². The first-order valence-electron chi connectivity index (χ1n) is 8.88. The second-order valence-electron chi connectivity index (χ2n) is 5.70. The van der Waals surface area contributed by atoms with Crippen molar-refractivity contribution in [3.63, 3.8) is 0 Å². The van der Waals surface area contributed by atoms with Crippen LogP contribution in [0.1, 0.15) is 23.2 Å². The van der Waals surface area contributed by atoms with E-state index in [-0.39, 0.29) is 21.1 Å². The van der Waals surface area contributed by atoms with Crippen LogP contribution in [-0.4, -0.2) is 63.3 Å². The molecular weight excluding hydrogens is 543 g/mol. The molecule has 4 rings (SSSR count). The number of aryl methyl sites for hydroxylation is 2. The molecule has 0 radical (unpaired) electrons. The quantitative estimate of drug-likeness (QED) is 0.212. The summed E-state index contributed by atoms with van der Waals surface area (Å²) < 4.78 is 13.1. The Morgan fingerprint density at radius 3 is 1.45 bits per heavy atom. The van der Waals surface area contributed by atoms with Crippen LogP contribution in [-0.2, 0) is 25.3 Å². The van der Waals surface area contributed by atoms with Crippen LogP contribution in [0.3, 0.4) is 0 Å². The number of hydrogen-bond donors (Lipinski definition) is 0. The monoisotopic (exact) mass is 564 g/mol. The summed E-state index contributed by atoms with van der Waals surface area (Å²) in [5.41, 5.74) is 0. The molecule has 0 fully saturated rings. The molecule has 0 N–H and O–H groups in total. The van der Waals surface area contributed by atoms with Crippen molar-refractivity contribution in [3.05, 3.63) is 60.0 Å². The van der Waals surface area contributed by atoms with E-state index < -0.39 is 0 Å². The van der Waals surface area contributed by atoms with Gasteiger partial charge in [0.05, 0.1) is 25.0 Å². The van der Waals surface area contributed by atoms with Crippen molar-refractivity contribution in [3.8, 4) is 0 Å². The molecule has 0 aliphatic heterocycles. The predicted molar refractivity (Wildman–Crippen MR) is 122 cm³/mol. The second kappa shape index (κ2) is 13.0. The number of furan rings is 2. The maximum absolute atomic E-state index is 5.07. The Balaban J connectivity index is 0.000000196. The molecule has 4 heterocycles. The molecule has 160 valence electrons. The van der Waals surface area contributed by atoms with E-state index in [2.05, 4.69) is 40.5 Å². The molecule has 0 bridgehead atoms. The van der Waals surface area contributed by atoms with Crippen LogP contribution in [0.25, 0.3) is 0 Å². The molecule has 0 saturated carbocycles. The zero-order chi connectivity index (χ0) is 22.6. The first kappa shape index (κ1) is 24.7. The van der Waals surface area contributed by atoms with Crippen molar-refractivity contribution >= 4 is 58.8 Å². The summed E-state index contributed by atoms with van der Waals surface area (Å²) in [5.74, 6) is 2.62. The van der Waals surface area contributed by atoms with Gasteiger partial charge in [0, 0.05) is 10.3 Å². The topological polar surface area (TPSA) is 112 Å². The van der Waals surface area contributed by atoms with E-state index in [1.165, 1.54) is 9.35 Å². The molecule has 10 nitrogen and oxygen atoms in total. The fraction of sp³-hybridized carbons (Fsp3) is 0.222. The van der Waals surface area contributed by atoms with E-state index in [1.807, 2.05) is 0 Å². The van der Waals surface area contributed by atoms with Crippen LogP contribution in [0.15, 0.2) is 66.1 Å². The van der Waals surface area contributed by atoms with Gasteiger partial charge < -0.3 is 34.1 Å². The second-order valence-corrected chi connectivity index (χ2v) is 9.29. The van der Waals surface area contributed by atoms with Crippen molar-refractivity contribution < 1.29 is 8.83 Å². The standard InChI is InChI=1S/2C8H8N4OS.2CH3.Sn/c2*1-6-10-11-8(14)12(6)9-5-7-3-2-4-13-7;;;/h2*2-5H,1H3,(H,11,14);2*1H3;/q;;;;+2/p-2/b2*9-5+;;;. The number of hydrogen-bond acceptors (Lipinski definition) is 10. The Labute approximate surface area is 200 Å². The van der Waals surface area contributed by atoms with Gasteiger partial charge in [-0.2, -0.15) is 20.4 Å². The Morgan fingerprint density at radius 2 is 1.19 bits per heavy atom. The Bertz CT molecular complexity index is 963. The minimum atomic E-state index is 0.230. The molecule has 0 aromatic carbocycles. The third-order valence-corrected chi connectivity index (χ3v) is 3.73. The van der Waals surface area contributed by atoms with Gasteiger partial charge in [-0.3, -0.25) is 0 Å². The van der Waals surface area contributed by atoms with Crippen molar-refractivity contribution in [1.82, 2.24) is 29.7 Å². The number of nitrogens with zero attached hydrogens (tertiary/aromatic N) is 8. The molecule has 13 heteroatoms. The van der Waals surface area contributed by atoms with Gasteiger partial charge in [-0.25, -0.2) is 9.35 Å². The van der Waals surface area contributed by atoms with Gasteiger partial charge in [-0.1, -0.05) is 0 Å². The van der Waals surface area contributed by atoms with Crippen molar-refractivity contribution in [2.24, 2.45) is 10.2 Å². The van der Waals surface area contributed by atoms with E-state index in [0.717, 1.165) is 0 Å². The number of rotatable bonds is 4. The zero-order valence-electron chi connectivity index (χ0n) is 17.3. The average molecular weight is 563 g/mol. The molecule has 0 amide bonds. The first-order chi connectivity index (χ1) is 15.0. The summed E-state index contributed by atoms with van der Waals surface area (Å²) >= 11 is 10.1. The van der Waals surface area contributed by atoms with Gasteiger partial charge in [0.25, 0.3) is 0 Å². The summed E-state index contributed by atoms with van der Waals surface area (Å²) in [5, 5.41) is 23.8. The third kappa shape index (κ3) is 7.88. The summed E-state index contributed by atoms with van der Waals surface area (Å²) in [6.07, 6.45) is 6.28. The van der Waals surface area contributed by atoms with Crippen LogP contribution < -0.4 is 0 Å². The fourth-order valence-corrected chi connectivity index (χ4v) is 2.34. The Kier molecular flexibility index (Phi) is 10.3. The molecule has 0 aliphatic carbocycles. The third-order valence-electron chi connectivity index (χ3n) is 3.22. The molecule has 0 spiro atoms. The molecular formula is C18H20N8O2S2Sn. The first-order valence-corrected chi connectivity index (χ1v) is 15.4. The van der Waals surface area contributed by atoms with Crippen LogP contribution >= 0.6 is 0 Å². The predicted octanol–water partition coefficient (Wildman–Crippen LogP) is 2.72. The molecule has 0 saturated heterocycles. The Hall–Kier alpha value is -2.58. The van der Waals surface area contributed by atoms with Crippen molar-refractivity contribution in [2.45, 2.75) is 34.0 Å². The normalized spacial score (nSPS) is 10.5. The maximum atomic E-state index is 5.07. The minimum absolute atomic E-state index is 0.230.